The molecule has 0 aliphatic heterocycles. The summed E-state index contributed by atoms with van der Waals surface area (Å²) >= 11 is 16.8. The van der Waals surface area contributed by atoms with Gasteiger partial charge in [0.2, 0.25) is 10.3 Å². The number of rotatable bonds is 89. The second-order valence-corrected chi connectivity index (χ2v) is 43.1. The Hall–Kier alpha value is -1.08. The Balaban J connectivity index is 2.68. The lowest BCUT2D eigenvalue weighted by atomic mass is 9.94. The fraction of sp³-hybridized carbons (Fsp3) is 0.962. The molecule has 2 rings (SSSR count). The van der Waals surface area contributed by atoms with Crippen LogP contribution in [0.3, 0.4) is 0 Å². The number of unbranched alkanes of at least 4 members (excludes halogenated alkanes) is 15. The largest absolute Gasteiger partial charge is 0.321 e. The molecule has 16 heteroatoms. The van der Waals surface area contributed by atoms with E-state index in [9.17, 15) is 0 Å². The maximum absolute atomic E-state index is 6.56. The molecule has 0 aliphatic carbocycles. The first-order chi connectivity index (χ1) is 59.3. The molecule has 0 fully saturated rings. The third-order valence-corrected chi connectivity index (χ3v) is 31.9. The molecule has 2 heterocycles. The van der Waals surface area contributed by atoms with Crippen molar-refractivity contribution in [2.24, 2.45) is 71.0 Å². The van der Waals surface area contributed by atoms with Crippen molar-refractivity contribution in [3.8, 4) is 0 Å². The van der Waals surface area contributed by atoms with E-state index in [0.29, 0.717) is 71.0 Å². The predicted molar refractivity (Wildman–Crippen MR) is 553 cm³/mol. The lowest BCUT2D eigenvalue weighted by molar-refractivity contribution is 0.136. The van der Waals surface area contributed by atoms with E-state index >= 15 is 0 Å². The van der Waals surface area contributed by atoms with Gasteiger partial charge in [-0.25, -0.2) is 9.36 Å². The SMILES string of the molecule is CCCCC(CC)CN(CC(CC)CCCC)CN(CN(CC(CC)CCCC)CC(CC)CCCCCCCCC(CC)CN(CC(CC)CCCC)CN(CN(CC(CC)CCCC)CC(CC)CCCC)c1nn(CN(CC(CC)CCCC)CC(CC)CCCC)c(=S)s1)c1nn(CN(CC(CC)CCCC)CC(CC)CCCC)c(=S)s1. The van der Waals surface area contributed by atoms with E-state index in [0.717, 1.165) is 84.4 Å². The van der Waals surface area contributed by atoms with Gasteiger partial charge < -0.3 is 9.80 Å². The molecule has 0 aromatic carbocycles. The first-order valence-corrected chi connectivity index (χ1v) is 56.8. The molecule has 0 bridgehead atoms. The highest BCUT2D eigenvalue weighted by Crippen LogP contribution is 2.33. The van der Waals surface area contributed by atoms with Gasteiger partial charge in [0.1, 0.15) is 0 Å². The van der Waals surface area contributed by atoms with Crippen LogP contribution in [0, 0.1) is 78.9 Å². The molecule has 122 heavy (non-hydrogen) atoms. The average Bonchev–Trinajstić information content (AvgIpc) is 1.68. The zero-order valence-electron chi connectivity index (χ0n) is 86.0. The molecule has 0 amide bonds. The molecule has 12 unspecified atom stereocenters. The Morgan fingerprint density at radius 2 is 0.361 bits per heavy atom. The molecule has 0 aliphatic rings. The van der Waals surface area contributed by atoms with Crippen LogP contribution in [0.5, 0.6) is 0 Å². The minimum atomic E-state index is 0.675. The summed E-state index contributed by atoms with van der Waals surface area (Å²) in [6.07, 6.45) is 64.7. The topological polar surface area (TPSA) is 61.6 Å². The van der Waals surface area contributed by atoms with Gasteiger partial charge in [0.05, 0.1) is 40.0 Å². The Labute approximate surface area is 781 Å². The summed E-state index contributed by atoms with van der Waals surface area (Å²) in [5.74, 6) is 8.37. The zero-order chi connectivity index (χ0) is 89.9. The average molecular weight is 1790 g/mol. The van der Waals surface area contributed by atoms with Gasteiger partial charge in [0.15, 0.2) is 7.91 Å². The van der Waals surface area contributed by atoms with Crippen molar-refractivity contribution in [1.82, 2.24) is 49.0 Å². The third kappa shape index (κ3) is 52.2. The molecule has 2 aromatic heterocycles. The van der Waals surface area contributed by atoms with Crippen molar-refractivity contribution in [3.05, 3.63) is 7.91 Å². The van der Waals surface area contributed by atoms with E-state index in [1.54, 1.807) is 0 Å². The summed E-state index contributed by atoms with van der Waals surface area (Å²) in [5, 5.41) is 13.9. The first-order valence-electron chi connectivity index (χ1n) is 54.3. The van der Waals surface area contributed by atoms with Crippen molar-refractivity contribution < 1.29 is 0 Å². The number of anilines is 2. The van der Waals surface area contributed by atoms with Crippen molar-refractivity contribution in [2.75, 3.05) is 115 Å². The molecule has 0 saturated carbocycles. The molecule has 12 nitrogen and oxygen atoms in total. The van der Waals surface area contributed by atoms with Crippen molar-refractivity contribution >= 4 is 57.4 Å². The zero-order valence-corrected chi connectivity index (χ0v) is 89.3. The van der Waals surface area contributed by atoms with Crippen LogP contribution >= 0.6 is 47.1 Å². The molecule has 12 atom stereocenters. The van der Waals surface area contributed by atoms with Gasteiger partial charge in [-0.2, -0.15) is 0 Å². The lowest BCUT2D eigenvalue weighted by Gasteiger charge is -2.39. The summed E-state index contributed by atoms with van der Waals surface area (Å²) in [5.41, 5.74) is 0. The fourth-order valence-electron chi connectivity index (χ4n) is 19.8. The molecule has 0 saturated heterocycles. The predicted octanol–water partition coefficient (Wildman–Crippen LogP) is 32.9. The van der Waals surface area contributed by atoms with Crippen LogP contribution < -0.4 is 9.80 Å². The smallest absolute Gasteiger partial charge is 0.209 e. The minimum Gasteiger partial charge on any atom is -0.321 e. The Morgan fingerprint density at radius 3 is 0.516 bits per heavy atom. The summed E-state index contributed by atoms with van der Waals surface area (Å²) < 4.78 is 6.47. The minimum absolute atomic E-state index is 0.675. The van der Waals surface area contributed by atoms with Crippen LogP contribution in [-0.2, 0) is 13.3 Å². The Morgan fingerprint density at radius 1 is 0.213 bits per heavy atom. The van der Waals surface area contributed by atoms with Gasteiger partial charge in [-0.05, 0) is 173 Å². The van der Waals surface area contributed by atoms with Crippen LogP contribution in [-0.4, -0.2) is 154 Å². The molecule has 0 spiro atoms. The van der Waals surface area contributed by atoms with Gasteiger partial charge in [0.25, 0.3) is 0 Å². The second kappa shape index (κ2) is 76.5. The van der Waals surface area contributed by atoms with E-state index in [1.165, 1.54) is 373 Å². The summed E-state index contributed by atoms with van der Waals surface area (Å²) in [6.45, 7) is 72.6. The van der Waals surface area contributed by atoms with Gasteiger partial charge in [-0.1, -0.05) is 419 Å². The maximum atomic E-state index is 6.56. The van der Waals surface area contributed by atoms with Gasteiger partial charge in [0, 0.05) is 78.5 Å². The highest BCUT2D eigenvalue weighted by atomic mass is 32.2. The van der Waals surface area contributed by atoms with Crippen molar-refractivity contribution in [3.63, 3.8) is 0 Å². The van der Waals surface area contributed by atoms with Crippen LogP contribution in [0.2, 0.25) is 0 Å². The Bertz CT molecular complexity index is 2480. The van der Waals surface area contributed by atoms with Crippen LogP contribution in [0.15, 0.2) is 0 Å². The van der Waals surface area contributed by atoms with Crippen LogP contribution in [0.4, 0.5) is 10.3 Å². The number of aromatic nitrogens is 4. The highest BCUT2D eigenvalue weighted by Gasteiger charge is 2.31. The van der Waals surface area contributed by atoms with Gasteiger partial charge in [-0.3, -0.25) is 29.4 Å². The number of hydrogen-bond acceptors (Lipinski definition) is 14. The standard InChI is InChI=1S/C106H214N12S4/c1-23-45-61-91(33-11)73-109(74-92(34-12)62-46-24-2)85-115(103-107-117(105(119)121-103)89-113(81-97(39-17)67-51-29-7)82-98(40-18)68-52-30-8)87-111(77-95(37-15)65-49-27-5)79-101(43-21)71-59-57-55-56-58-60-72-102(44-22)80-112(78-96(38-16)66-50-28-6)88-116(86-110(75-93(35-13)63-47-25-3)76-94(36-14)64-48-26-4)104-108-118(106(120)122-104)90-114(83-99(41-19)69-53-31-9)84-100(42-20)70-54-32-10/h91-102H,23-90H2,1-22H3. The van der Waals surface area contributed by atoms with E-state index in [2.05, 4.69) is 201 Å². The molecule has 0 N–H and O–H groups in total. The fourth-order valence-corrected chi connectivity index (χ4v) is 22.0. The summed E-state index contributed by atoms with van der Waals surface area (Å²) in [6, 6.07) is 0. The number of hydrogen-bond donors (Lipinski definition) is 0. The molecule has 0 radical (unpaired) electrons. The maximum Gasteiger partial charge on any atom is 0.209 e. The Kier molecular flexibility index (Phi) is 73.3. The molecular formula is C106H214N12S4. The van der Waals surface area contributed by atoms with Crippen LogP contribution in [0.1, 0.15) is 473 Å². The van der Waals surface area contributed by atoms with E-state index in [-0.39, 0.29) is 0 Å². The summed E-state index contributed by atoms with van der Waals surface area (Å²) in [4.78, 5) is 22.9. The second-order valence-electron chi connectivity index (χ2n) is 39.9. The van der Waals surface area contributed by atoms with Crippen LogP contribution in [0.25, 0.3) is 0 Å². The normalized spacial score (nSPS) is 15.3. The summed E-state index contributed by atoms with van der Waals surface area (Å²) in [7, 11) is 0. The molecular weight excluding hydrogens is 1570 g/mol. The first kappa shape index (κ1) is 117. The van der Waals surface area contributed by atoms with Gasteiger partial charge in [-0.15, -0.1) is 10.2 Å². The van der Waals surface area contributed by atoms with Crippen molar-refractivity contribution in [1.29, 1.82) is 0 Å². The highest BCUT2D eigenvalue weighted by molar-refractivity contribution is 7.73. The number of nitrogens with zero attached hydrogens (tertiary/aromatic N) is 12. The van der Waals surface area contributed by atoms with Crippen molar-refractivity contribution in [2.45, 2.75) is 487 Å². The molecule has 2 aromatic rings. The monoisotopic (exact) mass is 1780 g/mol. The third-order valence-electron chi connectivity index (χ3n) is 29.1. The van der Waals surface area contributed by atoms with E-state index in [1.807, 2.05) is 22.7 Å². The molecule has 722 valence electrons. The quantitative estimate of drug-likeness (QED) is 0.0360. The van der Waals surface area contributed by atoms with Gasteiger partial charge >= 0.3 is 0 Å². The lowest BCUT2D eigenvalue weighted by Crippen LogP contribution is -2.49. The van der Waals surface area contributed by atoms with E-state index in [4.69, 9.17) is 34.6 Å². The van der Waals surface area contributed by atoms with E-state index < -0.39 is 0 Å².